The van der Waals surface area contributed by atoms with E-state index in [0.29, 0.717) is 0 Å². The molecule has 2 heterocycles. The SMILES string of the molecule is CCCCCCCCc1ccc(N2CCC3(CN3)C2=O)c(C)c1. The van der Waals surface area contributed by atoms with Gasteiger partial charge in [-0.15, -0.1) is 0 Å². The van der Waals surface area contributed by atoms with Crippen LogP contribution in [-0.4, -0.2) is 24.5 Å². The smallest absolute Gasteiger partial charge is 0.248 e. The van der Waals surface area contributed by atoms with E-state index in [1.54, 1.807) is 0 Å². The summed E-state index contributed by atoms with van der Waals surface area (Å²) in [6.07, 6.45) is 10.1. The molecule has 2 fully saturated rings. The van der Waals surface area contributed by atoms with Gasteiger partial charge >= 0.3 is 0 Å². The van der Waals surface area contributed by atoms with Crippen molar-refractivity contribution >= 4 is 11.6 Å². The number of aryl methyl sites for hydroxylation is 2. The van der Waals surface area contributed by atoms with E-state index < -0.39 is 0 Å². The van der Waals surface area contributed by atoms with E-state index >= 15 is 0 Å². The van der Waals surface area contributed by atoms with Gasteiger partial charge in [0.1, 0.15) is 5.54 Å². The molecular weight excluding hydrogens is 284 g/mol. The average molecular weight is 314 g/mol. The third-order valence-corrected chi connectivity index (χ3v) is 5.39. The molecule has 1 spiro atoms. The Labute approximate surface area is 140 Å². The lowest BCUT2D eigenvalue weighted by atomic mass is 10.0. The van der Waals surface area contributed by atoms with Gasteiger partial charge in [0.2, 0.25) is 5.91 Å². The van der Waals surface area contributed by atoms with Crippen molar-refractivity contribution in [1.82, 2.24) is 5.32 Å². The molecule has 23 heavy (non-hydrogen) atoms. The second kappa shape index (κ2) is 7.04. The van der Waals surface area contributed by atoms with Crippen LogP contribution in [0.1, 0.15) is 63.0 Å². The van der Waals surface area contributed by atoms with Gasteiger partial charge in [-0.25, -0.2) is 0 Å². The molecule has 1 aromatic rings. The predicted molar refractivity (Wildman–Crippen MR) is 96.0 cm³/mol. The molecule has 0 radical (unpaired) electrons. The van der Waals surface area contributed by atoms with Crippen LogP contribution in [0.5, 0.6) is 0 Å². The summed E-state index contributed by atoms with van der Waals surface area (Å²) in [6.45, 7) is 6.11. The number of nitrogens with one attached hydrogen (secondary N) is 1. The van der Waals surface area contributed by atoms with Crippen LogP contribution in [0.4, 0.5) is 5.69 Å². The van der Waals surface area contributed by atoms with Gasteiger partial charge in [-0.1, -0.05) is 51.2 Å². The number of carbonyl (C=O) groups is 1. The van der Waals surface area contributed by atoms with Gasteiger partial charge < -0.3 is 4.90 Å². The maximum absolute atomic E-state index is 12.5. The van der Waals surface area contributed by atoms with Crippen molar-refractivity contribution in [2.24, 2.45) is 0 Å². The highest BCUT2D eigenvalue weighted by atomic mass is 16.2. The zero-order valence-corrected chi connectivity index (χ0v) is 14.7. The molecule has 1 atom stereocenters. The molecule has 1 N–H and O–H groups in total. The number of carbonyl (C=O) groups excluding carboxylic acids is 1. The molecule has 0 saturated carbocycles. The van der Waals surface area contributed by atoms with E-state index in [0.717, 1.165) is 31.6 Å². The number of rotatable bonds is 8. The van der Waals surface area contributed by atoms with Crippen molar-refractivity contribution in [3.8, 4) is 0 Å². The molecule has 3 nitrogen and oxygen atoms in total. The number of unbranched alkanes of at least 4 members (excludes halogenated alkanes) is 5. The summed E-state index contributed by atoms with van der Waals surface area (Å²) in [6, 6.07) is 6.65. The first-order valence-corrected chi connectivity index (χ1v) is 9.33. The number of hydrogen-bond acceptors (Lipinski definition) is 2. The summed E-state index contributed by atoms with van der Waals surface area (Å²) in [5.41, 5.74) is 3.54. The van der Waals surface area contributed by atoms with Crippen LogP contribution in [0.3, 0.4) is 0 Å². The molecule has 126 valence electrons. The standard InChI is InChI=1S/C20H30N2O/c1-3-4-5-6-7-8-9-17-10-11-18(16(2)14-17)22-13-12-20(15-21-20)19(22)23/h10-11,14,21H,3-9,12-13,15H2,1-2H3. The highest BCUT2D eigenvalue weighted by molar-refractivity contribution is 6.05. The predicted octanol–water partition coefficient (Wildman–Crippen LogP) is 3.98. The fourth-order valence-electron chi connectivity index (χ4n) is 3.72. The molecule has 2 aliphatic heterocycles. The second-order valence-electron chi connectivity index (χ2n) is 7.28. The minimum Gasteiger partial charge on any atom is -0.310 e. The van der Waals surface area contributed by atoms with Crippen molar-refractivity contribution in [2.75, 3.05) is 18.0 Å². The molecule has 0 bridgehead atoms. The van der Waals surface area contributed by atoms with E-state index in [2.05, 4.69) is 37.4 Å². The monoisotopic (exact) mass is 314 g/mol. The molecular formula is C20H30N2O. The Balaban J connectivity index is 1.53. The quantitative estimate of drug-likeness (QED) is 0.582. The fraction of sp³-hybridized carbons (Fsp3) is 0.650. The van der Waals surface area contributed by atoms with Crippen LogP contribution in [-0.2, 0) is 11.2 Å². The summed E-state index contributed by atoms with van der Waals surface area (Å²) in [5, 5.41) is 3.25. The third kappa shape index (κ3) is 3.60. The molecule has 3 heteroatoms. The van der Waals surface area contributed by atoms with Gasteiger partial charge in [0, 0.05) is 18.8 Å². The van der Waals surface area contributed by atoms with Gasteiger partial charge in [0.25, 0.3) is 0 Å². The molecule has 2 aliphatic rings. The number of anilines is 1. The zero-order valence-electron chi connectivity index (χ0n) is 14.7. The number of benzene rings is 1. The minimum atomic E-state index is -0.205. The van der Waals surface area contributed by atoms with Gasteiger partial charge in [-0.3, -0.25) is 10.1 Å². The molecule has 2 saturated heterocycles. The molecule has 0 aromatic heterocycles. The van der Waals surface area contributed by atoms with Crippen LogP contribution >= 0.6 is 0 Å². The summed E-state index contributed by atoms with van der Waals surface area (Å²) in [5.74, 6) is 0.268. The molecule has 1 amide bonds. The highest BCUT2D eigenvalue weighted by Crippen LogP contribution is 2.35. The lowest BCUT2D eigenvalue weighted by Crippen LogP contribution is -2.33. The lowest BCUT2D eigenvalue weighted by Gasteiger charge is -2.19. The van der Waals surface area contributed by atoms with Crippen LogP contribution in [0, 0.1) is 6.92 Å². The maximum Gasteiger partial charge on any atom is 0.248 e. The Morgan fingerprint density at radius 3 is 2.57 bits per heavy atom. The zero-order chi connectivity index (χ0) is 16.3. The fourth-order valence-corrected chi connectivity index (χ4v) is 3.72. The Bertz CT molecular complexity index is 563. The van der Waals surface area contributed by atoms with Crippen LogP contribution < -0.4 is 10.2 Å². The van der Waals surface area contributed by atoms with Gasteiger partial charge in [0.15, 0.2) is 0 Å². The van der Waals surface area contributed by atoms with Crippen molar-refractivity contribution < 1.29 is 4.79 Å². The minimum absolute atomic E-state index is 0.205. The van der Waals surface area contributed by atoms with Crippen LogP contribution in [0.25, 0.3) is 0 Å². The number of amides is 1. The molecule has 0 aliphatic carbocycles. The number of nitrogens with zero attached hydrogens (tertiary/aromatic N) is 1. The molecule has 1 aromatic carbocycles. The lowest BCUT2D eigenvalue weighted by molar-refractivity contribution is -0.119. The summed E-state index contributed by atoms with van der Waals surface area (Å²) in [4.78, 5) is 14.5. The summed E-state index contributed by atoms with van der Waals surface area (Å²) >= 11 is 0. The maximum atomic E-state index is 12.5. The Morgan fingerprint density at radius 1 is 1.17 bits per heavy atom. The normalized spacial score (nSPS) is 23.0. The van der Waals surface area contributed by atoms with Crippen molar-refractivity contribution in [3.05, 3.63) is 29.3 Å². The van der Waals surface area contributed by atoms with E-state index in [1.807, 2.05) is 4.90 Å². The summed E-state index contributed by atoms with van der Waals surface area (Å²) < 4.78 is 0. The van der Waals surface area contributed by atoms with Crippen molar-refractivity contribution in [2.45, 2.75) is 70.8 Å². The van der Waals surface area contributed by atoms with Crippen LogP contribution in [0.2, 0.25) is 0 Å². The first-order chi connectivity index (χ1) is 11.2. The first kappa shape index (κ1) is 16.5. The summed E-state index contributed by atoms with van der Waals surface area (Å²) in [7, 11) is 0. The van der Waals surface area contributed by atoms with Gasteiger partial charge in [0.05, 0.1) is 0 Å². The van der Waals surface area contributed by atoms with E-state index in [4.69, 9.17) is 0 Å². The number of hydrogen-bond donors (Lipinski definition) is 1. The molecule has 3 rings (SSSR count). The van der Waals surface area contributed by atoms with Gasteiger partial charge in [-0.05, 0) is 43.4 Å². The Morgan fingerprint density at radius 2 is 1.91 bits per heavy atom. The highest BCUT2D eigenvalue weighted by Gasteiger charge is 2.55. The van der Waals surface area contributed by atoms with Crippen molar-refractivity contribution in [1.29, 1.82) is 0 Å². The Hall–Kier alpha value is -1.35. The first-order valence-electron chi connectivity index (χ1n) is 9.33. The van der Waals surface area contributed by atoms with E-state index in [1.165, 1.54) is 49.7 Å². The largest absolute Gasteiger partial charge is 0.310 e. The third-order valence-electron chi connectivity index (χ3n) is 5.39. The van der Waals surface area contributed by atoms with Crippen LogP contribution in [0.15, 0.2) is 18.2 Å². The van der Waals surface area contributed by atoms with Crippen molar-refractivity contribution in [3.63, 3.8) is 0 Å². The average Bonchev–Trinajstić information content (AvgIpc) is 3.26. The Kier molecular flexibility index (Phi) is 5.05. The second-order valence-corrected chi connectivity index (χ2v) is 7.28. The molecule has 1 unspecified atom stereocenters. The topological polar surface area (TPSA) is 42.2 Å². The van der Waals surface area contributed by atoms with Gasteiger partial charge in [-0.2, -0.15) is 0 Å². The van der Waals surface area contributed by atoms with E-state index in [9.17, 15) is 4.79 Å². The van der Waals surface area contributed by atoms with E-state index in [-0.39, 0.29) is 11.4 Å².